The summed E-state index contributed by atoms with van der Waals surface area (Å²) in [5, 5.41) is 0.573. The number of ether oxygens (including phenoxy) is 4. The fourth-order valence-corrected chi connectivity index (χ4v) is 3.80. The molecule has 0 radical (unpaired) electrons. The summed E-state index contributed by atoms with van der Waals surface area (Å²) >= 11 is 0. The average Bonchev–Trinajstić information content (AvgIpc) is 3.21. The van der Waals surface area contributed by atoms with Gasteiger partial charge in [-0.1, -0.05) is 18.2 Å². The Labute approximate surface area is 170 Å². The van der Waals surface area contributed by atoms with Gasteiger partial charge >= 0.3 is 11.6 Å². The summed E-state index contributed by atoms with van der Waals surface area (Å²) in [7, 11) is 0. The standard InChI is InChI=1S/C22H17NO7/c1-2-26-21(24)18-16(11-7-8-14-15(9-11)28-10-27-14)17-19(30-20(18)23)12-5-3-4-6-13(12)29-22(17)25/h3-9,16H,2,10,23H2,1H3/t16-/m1/s1. The molecule has 2 aliphatic heterocycles. The van der Waals surface area contributed by atoms with E-state index in [2.05, 4.69) is 0 Å². The Kier molecular flexibility index (Phi) is 4.13. The summed E-state index contributed by atoms with van der Waals surface area (Å²) in [6.45, 7) is 1.92. The Morgan fingerprint density at radius 1 is 1.17 bits per heavy atom. The van der Waals surface area contributed by atoms with Crippen LogP contribution in [-0.2, 0) is 9.53 Å². The molecule has 1 aromatic heterocycles. The average molecular weight is 407 g/mol. The summed E-state index contributed by atoms with van der Waals surface area (Å²) in [6.07, 6.45) is 0. The van der Waals surface area contributed by atoms with Crippen LogP contribution in [0, 0.1) is 0 Å². The van der Waals surface area contributed by atoms with E-state index in [1.165, 1.54) is 0 Å². The number of rotatable bonds is 3. The molecule has 0 bridgehead atoms. The van der Waals surface area contributed by atoms with Crippen LogP contribution in [-0.4, -0.2) is 19.4 Å². The van der Waals surface area contributed by atoms with E-state index >= 15 is 0 Å². The molecule has 0 amide bonds. The Bertz CT molecular complexity index is 1270. The fraction of sp³-hybridized carbons (Fsp3) is 0.182. The summed E-state index contributed by atoms with van der Waals surface area (Å²) in [5.74, 6) is -0.313. The van der Waals surface area contributed by atoms with Gasteiger partial charge in [0.05, 0.1) is 23.5 Å². The monoisotopic (exact) mass is 407 g/mol. The van der Waals surface area contributed by atoms with Crippen LogP contribution in [0.5, 0.6) is 17.2 Å². The lowest BCUT2D eigenvalue weighted by atomic mass is 9.83. The first-order valence-electron chi connectivity index (χ1n) is 9.38. The summed E-state index contributed by atoms with van der Waals surface area (Å²) in [4.78, 5) is 25.8. The maximum absolute atomic E-state index is 13.0. The first kappa shape index (κ1) is 18.1. The summed E-state index contributed by atoms with van der Waals surface area (Å²) in [6, 6.07) is 12.1. The van der Waals surface area contributed by atoms with E-state index in [9.17, 15) is 9.59 Å². The van der Waals surface area contributed by atoms with E-state index in [0.717, 1.165) is 0 Å². The van der Waals surface area contributed by atoms with Gasteiger partial charge in [0.25, 0.3) is 0 Å². The van der Waals surface area contributed by atoms with Crippen LogP contribution in [0.2, 0.25) is 0 Å². The highest BCUT2D eigenvalue weighted by atomic mass is 16.7. The zero-order chi connectivity index (χ0) is 20.8. The molecule has 0 saturated heterocycles. The Morgan fingerprint density at radius 2 is 1.97 bits per heavy atom. The molecular formula is C22H17NO7. The van der Waals surface area contributed by atoms with Crippen molar-refractivity contribution in [3.63, 3.8) is 0 Å². The second-order valence-electron chi connectivity index (χ2n) is 6.77. The van der Waals surface area contributed by atoms with Gasteiger partial charge in [0.2, 0.25) is 12.7 Å². The minimum atomic E-state index is -0.858. The van der Waals surface area contributed by atoms with E-state index in [-0.39, 0.29) is 36.2 Å². The quantitative estimate of drug-likeness (QED) is 0.521. The third kappa shape index (κ3) is 2.68. The lowest BCUT2D eigenvalue weighted by molar-refractivity contribution is -0.139. The van der Waals surface area contributed by atoms with Gasteiger partial charge in [-0.15, -0.1) is 0 Å². The highest BCUT2D eigenvalue weighted by molar-refractivity contribution is 5.94. The molecule has 152 valence electrons. The Balaban J connectivity index is 1.79. The van der Waals surface area contributed by atoms with Crippen molar-refractivity contribution in [2.45, 2.75) is 12.8 Å². The summed E-state index contributed by atoms with van der Waals surface area (Å²) < 4.78 is 27.3. The number of carbonyl (C=O) groups is 1. The number of carbonyl (C=O) groups excluding carboxylic acids is 1. The third-order valence-corrected chi connectivity index (χ3v) is 5.08. The maximum Gasteiger partial charge on any atom is 0.344 e. The molecule has 2 N–H and O–H groups in total. The largest absolute Gasteiger partial charge is 0.462 e. The number of fused-ring (bicyclic) bond motifs is 4. The molecule has 0 spiro atoms. The molecule has 30 heavy (non-hydrogen) atoms. The van der Waals surface area contributed by atoms with Crippen molar-refractivity contribution in [2.24, 2.45) is 5.73 Å². The molecular weight excluding hydrogens is 390 g/mol. The van der Waals surface area contributed by atoms with Crippen LogP contribution < -0.4 is 25.6 Å². The zero-order valence-corrected chi connectivity index (χ0v) is 16.0. The number of nitrogens with two attached hydrogens (primary N) is 1. The molecule has 2 aromatic carbocycles. The number of esters is 1. The van der Waals surface area contributed by atoms with Gasteiger partial charge in [0.1, 0.15) is 11.2 Å². The van der Waals surface area contributed by atoms with Crippen LogP contribution in [0.15, 0.2) is 63.1 Å². The predicted molar refractivity (Wildman–Crippen MR) is 105 cm³/mol. The maximum atomic E-state index is 13.0. The summed E-state index contributed by atoms with van der Waals surface area (Å²) in [5.41, 5.74) is 6.71. The molecule has 8 nitrogen and oxygen atoms in total. The Morgan fingerprint density at radius 3 is 2.80 bits per heavy atom. The fourth-order valence-electron chi connectivity index (χ4n) is 3.80. The van der Waals surface area contributed by atoms with Crippen molar-refractivity contribution in [3.05, 3.63) is 75.5 Å². The highest BCUT2D eigenvalue weighted by Crippen LogP contribution is 2.46. The molecule has 1 atom stereocenters. The van der Waals surface area contributed by atoms with E-state index in [0.29, 0.717) is 28.0 Å². The van der Waals surface area contributed by atoms with E-state index in [1.54, 1.807) is 49.4 Å². The van der Waals surface area contributed by atoms with Gasteiger partial charge < -0.3 is 29.1 Å². The van der Waals surface area contributed by atoms with Crippen molar-refractivity contribution >= 4 is 16.9 Å². The molecule has 3 aromatic rings. The van der Waals surface area contributed by atoms with Crippen molar-refractivity contribution in [1.82, 2.24) is 0 Å². The van der Waals surface area contributed by atoms with E-state index in [4.69, 9.17) is 29.1 Å². The number of hydrogen-bond donors (Lipinski definition) is 1. The van der Waals surface area contributed by atoms with E-state index < -0.39 is 17.5 Å². The van der Waals surface area contributed by atoms with Gasteiger partial charge in [-0.25, -0.2) is 9.59 Å². The van der Waals surface area contributed by atoms with E-state index in [1.807, 2.05) is 0 Å². The second-order valence-corrected chi connectivity index (χ2v) is 6.77. The molecule has 5 rings (SSSR count). The molecule has 8 heteroatoms. The molecule has 0 aliphatic carbocycles. The Hall–Kier alpha value is -3.94. The van der Waals surface area contributed by atoms with Crippen molar-refractivity contribution in [3.8, 4) is 17.2 Å². The van der Waals surface area contributed by atoms with Crippen LogP contribution in [0.25, 0.3) is 11.0 Å². The van der Waals surface area contributed by atoms with Crippen molar-refractivity contribution in [2.75, 3.05) is 13.4 Å². The molecule has 0 saturated carbocycles. The molecule has 2 aliphatic rings. The lowest BCUT2D eigenvalue weighted by Gasteiger charge is -2.28. The molecule has 0 unspecified atom stereocenters. The van der Waals surface area contributed by atoms with Gasteiger partial charge in [0.15, 0.2) is 17.2 Å². The topological polar surface area (TPSA) is 110 Å². The molecule has 0 fully saturated rings. The zero-order valence-electron chi connectivity index (χ0n) is 16.0. The van der Waals surface area contributed by atoms with Crippen molar-refractivity contribution < 1.29 is 28.2 Å². The smallest absolute Gasteiger partial charge is 0.344 e. The number of para-hydroxylation sites is 1. The number of benzene rings is 2. The first-order valence-corrected chi connectivity index (χ1v) is 9.38. The number of hydrogen-bond acceptors (Lipinski definition) is 8. The van der Waals surface area contributed by atoms with Gasteiger partial charge in [-0.3, -0.25) is 0 Å². The normalized spacial score (nSPS) is 16.9. The van der Waals surface area contributed by atoms with Gasteiger partial charge in [-0.05, 0) is 36.8 Å². The highest BCUT2D eigenvalue weighted by Gasteiger charge is 2.39. The van der Waals surface area contributed by atoms with Crippen molar-refractivity contribution in [1.29, 1.82) is 0 Å². The minimum absolute atomic E-state index is 0.0331. The molecule has 3 heterocycles. The SMILES string of the molecule is CCOC(=O)C1=C(N)Oc2c(c(=O)oc3ccccc23)[C@H]1c1ccc2c(c1)OCO2. The van der Waals surface area contributed by atoms with Crippen LogP contribution in [0.3, 0.4) is 0 Å². The lowest BCUT2D eigenvalue weighted by Crippen LogP contribution is -2.31. The third-order valence-electron chi connectivity index (χ3n) is 5.08. The predicted octanol–water partition coefficient (Wildman–Crippen LogP) is 2.78. The first-order chi connectivity index (χ1) is 14.6. The van der Waals surface area contributed by atoms with Gasteiger partial charge in [-0.2, -0.15) is 0 Å². The second kappa shape index (κ2) is 6.84. The minimum Gasteiger partial charge on any atom is -0.462 e. The van der Waals surface area contributed by atoms with Gasteiger partial charge in [0, 0.05) is 0 Å². The van der Waals surface area contributed by atoms with Crippen LogP contribution in [0.1, 0.15) is 24.0 Å². The van der Waals surface area contributed by atoms with Crippen LogP contribution in [0.4, 0.5) is 0 Å². The van der Waals surface area contributed by atoms with Crippen LogP contribution >= 0.6 is 0 Å².